The number of likely N-dealkylation sites (tertiary alicyclic amines) is 1. The second kappa shape index (κ2) is 5.90. The lowest BCUT2D eigenvalue weighted by atomic mass is 9.97. The van der Waals surface area contributed by atoms with Crippen LogP contribution in [0.4, 0.5) is 20.5 Å². The molecule has 0 radical (unpaired) electrons. The molecule has 6 nitrogen and oxygen atoms in total. The van der Waals surface area contributed by atoms with Gasteiger partial charge in [0.05, 0.1) is 5.92 Å². The quantitative estimate of drug-likeness (QED) is 0.837. The molecule has 0 N–H and O–H groups in total. The molecule has 0 aliphatic carbocycles. The lowest BCUT2D eigenvalue weighted by Crippen LogP contribution is -2.56. The number of hydrogen-bond donors (Lipinski definition) is 0. The molecule has 0 aromatic carbocycles. The standard InChI is InChI=1S/C15H21F2N5O/c1-20(2)12-3-6-18-14(19-12)22-9-11(10-22)13(23)21-7-4-15(16,17)5-8-21/h3,6,11H,4-5,7-10H2,1-2H3. The molecule has 2 aliphatic rings. The minimum atomic E-state index is -2.62. The van der Waals surface area contributed by atoms with Crippen LogP contribution in [0, 0.1) is 5.92 Å². The molecule has 2 saturated heterocycles. The van der Waals surface area contributed by atoms with E-state index in [1.54, 1.807) is 11.1 Å². The van der Waals surface area contributed by atoms with Gasteiger partial charge in [-0.3, -0.25) is 4.79 Å². The van der Waals surface area contributed by atoms with Crippen LogP contribution in [0.2, 0.25) is 0 Å². The molecule has 1 amide bonds. The van der Waals surface area contributed by atoms with E-state index in [0.717, 1.165) is 5.82 Å². The molecule has 0 unspecified atom stereocenters. The fourth-order valence-corrected chi connectivity index (χ4v) is 2.85. The molecule has 1 aromatic heterocycles. The molecule has 0 saturated carbocycles. The van der Waals surface area contributed by atoms with Gasteiger partial charge in [-0.15, -0.1) is 0 Å². The van der Waals surface area contributed by atoms with Crippen molar-refractivity contribution in [3.8, 4) is 0 Å². The largest absolute Gasteiger partial charge is 0.363 e. The van der Waals surface area contributed by atoms with Crippen LogP contribution in [-0.4, -0.2) is 67.0 Å². The molecule has 2 fully saturated rings. The Morgan fingerprint density at radius 2 is 1.96 bits per heavy atom. The Bertz CT molecular complexity index is 579. The first kappa shape index (κ1) is 15.9. The van der Waals surface area contributed by atoms with Crippen molar-refractivity contribution in [1.29, 1.82) is 0 Å². The number of carbonyl (C=O) groups excluding carboxylic acids is 1. The van der Waals surface area contributed by atoms with E-state index >= 15 is 0 Å². The summed E-state index contributed by atoms with van der Waals surface area (Å²) >= 11 is 0. The van der Waals surface area contributed by atoms with Crippen molar-refractivity contribution >= 4 is 17.7 Å². The molecule has 0 bridgehead atoms. The monoisotopic (exact) mass is 325 g/mol. The zero-order valence-electron chi connectivity index (χ0n) is 13.4. The fourth-order valence-electron chi connectivity index (χ4n) is 2.85. The summed E-state index contributed by atoms with van der Waals surface area (Å²) in [6.45, 7) is 1.38. The normalized spacial score (nSPS) is 21.0. The third kappa shape index (κ3) is 3.35. The summed E-state index contributed by atoms with van der Waals surface area (Å²) in [6.07, 6.45) is 1.23. The number of amides is 1. The zero-order valence-corrected chi connectivity index (χ0v) is 13.4. The summed E-state index contributed by atoms with van der Waals surface area (Å²) in [7, 11) is 3.81. The van der Waals surface area contributed by atoms with E-state index in [4.69, 9.17) is 0 Å². The van der Waals surface area contributed by atoms with Crippen LogP contribution in [-0.2, 0) is 4.79 Å². The van der Waals surface area contributed by atoms with Crippen molar-refractivity contribution in [3.05, 3.63) is 12.3 Å². The maximum Gasteiger partial charge on any atom is 0.251 e. The van der Waals surface area contributed by atoms with E-state index < -0.39 is 5.92 Å². The minimum Gasteiger partial charge on any atom is -0.363 e. The van der Waals surface area contributed by atoms with Crippen LogP contribution in [0.25, 0.3) is 0 Å². The predicted octanol–water partition coefficient (Wildman–Crippen LogP) is 1.24. The smallest absolute Gasteiger partial charge is 0.251 e. The van der Waals surface area contributed by atoms with Crippen molar-refractivity contribution < 1.29 is 13.6 Å². The zero-order chi connectivity index (χ0) is 16.6. The Kier molecular flexibility index (Phi) is 4.08. The third-order valence-electron chi connectivity index (χ3n) is 4.41. The van der Waals surface area contributed by atoms with Crippen LogP contribution in [0.5, 0.6) is 0 Å². The Morgan fingerprint density at radius 1 is 1.30 bits per heavy atom. The van der Waals surface area contributed by atoms with Crippen LogP contribution in [0.15, 0.2) is 12.3 Å². The number of hydrogen-bond acceptors (Lipinski definition) is 5. The van der Waals surface area contributed by atoms with Crippen LogP contribution in [0.3, 0.4) is 0 Å². The maximum absolute atomic E-state index is 13.2. The Balaban J connectivity index is 1.55. The minimum absolute atomic E-state index is 0.0273. The van der Waals surface area contributed by atoms with Crippen LogP contribution in [0.1, 0.15) is 12.8 Å². The van der Waals surface area contributed by atoms with Gasteiger partial charge in [-0.05, 0) is 6.07 Å². The van der Waals surface area contributed by atoms with Gasteiger partial charge in [-0.2, -0.15) is 4.98 Å². The first-order valence-corrected chi connectivity index (χ1v) is 7.78. The van der Waals surface area contributed by atoms with Crippen molar-refractivity contribution in [3.63, 3.8) is 0 Å². The Morgan fingerprint density at radius 3 is 2.57 bits per heavy atom. The van der Waals surface area contributed by atoms with E-state index in [9.17, 15) is 13.6 Å². The van der Waals surface area contributed by atoms with Crippen molar-refractivity contribution in [2.24, 2.45) is 5.92 Å². The topological polar surface area (TPSA) is 52.6 Å². The third-order valence-corrected chi connectivity index (χ3v) is 4.41. The first-order chi connectivity index (χ1) is 10.9. The van der Waals surface area contributed by atoms with Gasteiger partial charge >= 0.3 is 0 Å². The highest BCUT2D eigenvalue weighted by molar-refractivity contribution is 5.82. The highest BCUT2D eigenvalue weighted by Gasteiger charge is 2.41. The van der Waals surface area contributed by atoms with Gasteiger partial charge in [-0.25, -0.2) is 13.8 Å². The number of anilines is 2. The summed E-state index contributed by atoms with van der Waals surface area (Å²) in [6, 6.07) is 1.82. The molecule has 8 heteroatoms. The number of carbonyl (C=O) groups is 1. The van der Waals surface area contributed by atoms with Crippen molar-refractivity contribution in [2.75, 3.05) is 50.1 Å². The molecular formula is C15H21F2N5O. The average Bonchev–Trinajstić information content (AvgIpc) is 2.45. The molecule has 0 spiro atoms. The van der Waals surface area contributed by atoms with E-state index in [-0.39, 0.29) is 37.8 Å². The second-order valence-corrected chi connectivity index (χ2v) is 6.39. The van der Waals surface area contributed by atoms with Crippen molar-refractivity contribution in [2.45, 2.75) is 18.8 Å². The first-order valence-electron chi connectivity index (χ1n) is 7.78. The summed E-state index contributed by atoms with van der Waals surface area (Å²) in [4.78, 5) is 26.4. The maximum atomic E-state index is 13.2. The van der Waals surface area contributed by atoms with Gasteiger partial charge in [0.2, 0.25) is 11.9 Å². The molecule has 1 aromatic rings. The number of nitrogens with zero attached hydrogens (tertiary/aromatic N) is 5. The summed E-state index contributed by atoms with van der Waals surface area (Å²) in [5.41, 5.74) is 0. The van der Waals surface area contributed by atoms with Gasteiger partial charge in [0.1, 0.15) is 5.82 Å². The van der Waals surface area contributed by atoms with Crippen molar-refractivity contribution in [1.82, 2.24) is 14.9 Å². The van der Waals surface area contributed by atoms with Gasteiger partial charge in [0, 0.05) is 59.3 Å². The number of halogens is 2. The van der Waals surface area contributed by atoms with E-state index in [1.807, 2.05) is 30.0 Å². The van der Waals surface area contributed by atoms with Gasteiger partial charge < -0.3 is 14.7 Å². The lowest BCUT2D eigenvalue weighted by molar-refractivity contribution is -0.142. The van der Waals surface area contributed by atoms with Crippen LogP contribution < -0.4 is 9.80 Å². The molecular weight excluding hydrogens is 304 g/mol. The predicted molar refractivity (Wildman–Crippen MR) is 82.8 cm³/mol. The fraction of sp³-hybridized carbons (Fsp3) is 0.667. The number of rotatable bonds is 3. The number of alkyl halides is 2. The molecule has 0 atom stereocenters. The number of piperidine rings is 1. The van der Waals surface area contributed by atoms with Crippen LogP contribution >= 0.6 is 0 Å². The molecule has 23 heavy (non-hydrogen) atoms. The number of aromatic nitrogens is 2. The van der Waals surface area contributed by atoms with Gasteiger partial charge in [0.15, 0.2) is 0 Å². The lowest BCUT2D eigenvalue weighted by Gasteiger charge is -2.42. The summed E-state index contributed by atoms with van der Waals surface area (Å²) in [5, 5.41) is 0. The highest BCUT2D eigenvalue weighted by Crippen LogP contribution is 2.30. The summed E-state index contributed by atoms with van der Waals surface area (Å²) < 4.78 is 26.3. The Hall–Kier alpha value is -1.99. The second-order valence-electron chi connectivity index (χ2n) is 6.39. The average molecular weight is 325 g/mol. The molecule has 3 rings (SSSR count). The van der Waals surface area contributed by atoms with Gasteiger partial charge in [-0.1, -0.05) is 0 Å². The van der Waals surface area contributed by atoms with E-state index in [2.05, 4.69) is 9.97 Å². The Labute approximate surface area is 134 Å². The van der Waals surface area contributed by atoms with Gasteiger partial charge in [0.25, 0.3) is 5.92 Å². The molecule has 2 aliphatic heterocycles. The SMILES string of the molecule is CN(C)c1ccnc(N2CC(C(=O)N3CCC(F)(F)CC3)C2)n1. The molecule has 3 heterocycles. The van der Waals surface area contributed by atoms with E-state index in [0.29, 0.717) is 19.0 Å². The van der Waals surface area contributed by atoms with E-state index in [1.165, 1.54) is 0 Å². The summed E-state index contributed by atoms with van der Waals surface area (Å²) in [5.74, 6) is -1.38. The highest BCUT2D eigenvalue weighted by atomic mass is 19.3. The molecule has 126 valence electrons.